The van der Waals surface area contributed by atoms with Gasteiger partial charge in [0.1, 0.15) is 17.9 Å². The van der Waals surface area contributed by atoms with Gasteiger partial charge in [-0.2, -0.15) is 0 Å². The van der Waals surface area contributed by atoms with Crippen LogP contribution in [0.25, 0.3) is 16.6 Å². The standard InChI is InChI=1S/C14H11N3O3/c1-20-12-4-2-3-10-9(12)5-6-15-13(10)17-7-11(14(18)19)16-8-17/h2-8H,1H3,(H,18,19). The molecule has 6 nitrogen and oxygen atoms in total. The molecule has 0 amide bonds. The number of hydrogen-bond donors (Lipinski definition) is 1. The number of aromatic carboxylic acids is 1. The van der Waals surface area contributed by atoms with Gasteiger partial charge in [0.15, 0.2) is 5.69 Å². The highest BCUT2D eigenvalue weighted by Crippen LogP contribution is 2.28. The number of carbonyl (C=O) groups is 1. The van der Waals surface area contributed by atoms with Gasteiger partial charge in [0.2, 0.25) is 0 Å². The minimum atomic E-state index is -1.07. The quantitative estimate of drug-likeness (QED) is 0.788. The zero-order valence-electron chi connectivity index (χ0n) is 10.6. The molecule has 0 bridgehead atoms. The SMILES string of the molecule is COc1cccc2c(-n3cnc(C(=O)O)c3)nccc12. The molecule has 0 saturated carbocycles. The van der Waals surface area contributed by atoms with Gasteiger partial charge in [-0.25, -0.2) is 14.8 Å². The molecule has 1 aromatic carbocycles. The Kier molecular flexibility index (Phi) is 2.83. The van der Waals surface area contributed by atoms with Crippen LogP contribution in [0.3, 0.4) is 0 Å². The Morgan fingerprint density at radius 3 is 2.80 bits per heavy atom. The average Bonchev–Trinajstić information content (AvgIpc) is 2.95. The van der Waals surface area contributed by atoms with E-state index >= 15 is 0 Å². The lowest BCUT2D eigenvalue weighted by atomic mass is 10.1. The number of imidazole rings is 1. The molecule has 0 unspecified atom stereocenters. The summed E-state index contributed by atoms with van der Waals surface area (Å²) < 4.78 is 6.90. The van der Waals surface area contributed by atoms with Gasteiger partial charge < -0.3 is 9.84 Å². The largest absolute Gasteiger partial charge is 0.496 e. The highest BCUT2D eigenvalue weighted by Gasteiger charge is 2.11. The van der Waals surface area contributed by atoms with Crippen molar-refractivity contribution in [3.05, 3.63) is 48.7 Å². The number of ether oxygens (including phenoxy) is 1. The highest BCUT2D eigenvalue weighted by atomic mass is 16.5. The van der Waals surface area contributed by atoms with E-state index in [9.17, 15) is 4.79 Å². The van der Waals surface area contributed by atoms with Crippen LogP contribution in [0.5, 0.6) is 5.75 Å². The minimum absolute atomic E-state index is 0.0216. The number of pyridine rings is 1. The first-order chi connectivity index (χ1) is 9.70. The van der Waals surface area contributed by atoms with Gasteiger partial charge >= 0.3 is 5.97 Å². The summed E-state index contributed by atoms with van der Waals surface area (Å²) in [6.45, 7) is 0. The smallest absolute Gasteiger partial charge is 0.356 e. The van der Waals surface area contributed by atoms with Crippen LogP contribution in [0.2, 0.25) is 0 Å². The minimum Gasteiger partial charge on any atom is -0.496 e. The lowest BCUT2D eigenvalue weighted by Gasteiger charge is -2.08. The van der Waals surface area contributed by atoms with Gasteiger partial charge in [-0.05, 0) is 12.1 Å². The number of methoxy groups -OCH3 is 1. The van der Waals surface area contributed by atoms with Crippen LogP contribution in [0, 0.1) is 0 Å². The molecular formula is C14H11N3O3. The van der Waals surface area contributed by atoms with E-state index in [1.807, 2.05) is 24.3 Å². The second kappa shape index (κ2) is 4.65. The van der Waals surface area contributed by atoms with Crippen LogP contribution in [0.4, 0.5) is 0 Å². The predicted molar refractivity (Wildman–Crippen MR) is 72.4 cm³/mol. The normalized spacial score (nSPS) is 10.7. The van der Waals surface area contributed by atoms with Gasteiger partial charge in [0, 0.05) is 23.2 Å². The summed E-state index contributed by atoms with van der Waals surface area (Å²) >= 11 is 0. The number of nitrogens with zero attached hydrogens (tertiary/aromatic N) is 3. The first kappa shape index (κ1) is 12.2. The molecule has 100 valence electrons. The molecule has 2 aromatic heterocycles. The maximum Gasteiger partial charge on any atom is 0.356 e. The van der Waals surface area contributed by atoms with Gasteiger partial charge in [-0.1, -0.05) is 12.1 Å². The van der Waals surface area contributed by atoms with Crippen molar-refractivity contribution in [2.45, 2.75) is 0 Å². The van der Waals surface area contributed by atoms with Crippen molar-refractivity contribution < 1.29 is 14.6 Å². The molecule has 3 aromatic rings. The fourth-order valence-electron chi connectivity index (χ4n) is 2.10. The van der Waals surface area contributed by atoms with Crippen LogP contribution in [-0.2, 0) is 0 Å². The molecule has 0 aliphatic rings. The Balaban J connectivity index is 2.23. The summed E-state index contributed by atoms with van der Waals surface area (Å²) in [5.41, 5.74) is -0.0216. The Morgan fingerprint density at radius 2 is 2.10 bits per heavy atom. The molecule has 0 radical (unpaired) electrons. The van der Waals surface area contributed by atoms with Crippen molar-refractivity contribution in [1.82, 2.24) is 14.5 Å². The highest BCUT2D eigenvalue weighted by molar-refractivity contribution is 5.93. The zero-order chi connectivity index (χ0) is 14.1. The molecule has 0 aliphatic carbocycles. The zero-order valence-corrected chi connectivity index (χ0v) is 10.6. The summed E-state index contributed by atoms with van der Waals surface area (Å²) in [6.07, 6.45) is 4.52. The third kappa shape index (κ3) is 1.87. The topological polar surface area (TPSA) is 77.2 Å². The molecule has 20 heavy (non-hydrogen) atoms. The lowest BCUT2D eigenvalue weighted by Crippen LogP contribution is -1.98. The van der Waals surface area contributed by atoms with E-state index < -0.39 is 5.97 Å². The summed E-state index contributed by atoms with van der Waals surface area (Å²) in [6, 6.07) is 7.48. The molecule has 0 saturated heterocycles. The molecule has 6 heteroatoms. The number of fused-ring (bicyclic) bond motifs is 1. The van der Waals surface area contributed by atoms with Gasteiger partial charge in [-0.15, -0.1) is 0 Å². The summed E-state index contributed by atoms with van der Waals surface area (Å²) in [7, 11) is 1.61. The first-order valence-corrected chi connectivity index (χ1v) is 5.90. The number of carboxylic acid groups (broad SMARTS) is 1. The van der Waals surface area contributed by atoms with Crippen LogP contribution in [-0.4, -0.2) is 32.7 Å². The van der Waals surface area contributed by atoms with Crippen LogP contribution >= 0.6 is 0 Å². The van der Waals surface area contributed by atoms with Crippen LogP contribution < -0.4 is 4.74 Å². The molecule has 3 rings (SSSR count). The average molecular weight is 269 g/mol. The molecule has 0 fully saturated rings. The number of rotatable bonds is 3. The van der Waals surface area contributed by atoms with Crippen molar-refractivity contribution in [3.63, 3.8) is 0 Å². The van der Waals surface area contributed by atoms with Crippen molar-refractivity contribution in [2.75, 3.05) is 7.11 Å². The van der Waals surface area contributed by atoms with Crippen molar-refractivity contribution in [3.8, 4) is 11.6 Å². The van der Waals surface area contributed by atoms with Crippen LogP contribution in [0.1, 0.15) is 10.5 Å². The molecule has 2 heterocycles. The molecule has 0 aliphatic heterocycles. The number of hydrogen-bond acceptors (Lipinski definition) is 4. The molecule has 0 atom stereocenters. The summed E-state index contributed by atoms with van der Waals surface area (Å²) in [5.74, 6) is 0.285. The van der Waals surface area contributed by atoms with E-state index in [0.29, 0.717) is 5.82 Å². The second-order valence-corrected chi connectivity index (χ2v) is 4.16. The van der Waals surface area contributed by atoms with E-state index in [1.54, 1.807) is 17.9 Å². The van der Waals surface area contributed by atoms with Crippen LogP contribution in [0.15, 0.2) is 43.0 Å². The second-order valence-electron chi connectivity index (χ2n) is 4.16. The number of carboxylic acids is 1. The van der Waals surface area contributed by atoms with E-state index in [-0.39, 0.29) is 5.69 Å². The Morgan fingerprint density at radius 1 is 1.25 bits per heavy atom. The maximum absolute atomic E-state index is 10.9. The van der Waals surface area contributed by atoms with Crippen molar-refractivity contribution >= 4 is 16.7 Å². The summed E-state index contributed by atoms with van der Waals surface area (Å²) in [4.78, 5) is 19.0. The number of aromatic nitrogens is 3. The van der Waals surface area contributed by atoms with E-state index in [0.717, 1.165) is 16.5 Å². The van der Waals surface area contributed by atoms with Crippen molar-refractivity contribution in [2.24, 2.45) is 0 Å². The van der Waals surface area contributed by atoms with Crippen molar-refractivity contribution in [1.29, 1.82) is 0 Å². The van der Waals surface area contributed by atoms with E-state index in [1.165, 1.54) is 12.5 Å². The first-order valence-electron chi connectivity index (χ1n) is 5.90. The Hall–Kier alpha value is -2.89. The fourth-order valence-corrected chi connectivity index (χ4v) is 2.10. The molecule has 0 spiro atoms. The fraction of sp³-hybridized carbons (Fsp3) is 0.0714. The third-order valence-electron chi connectivity index (χ3n) is 3.01. The lowest BCUT2D eigenvalue weighted by molar-refractivity contribution is 0.0691. The van der Waals surface area contributed by atoms with E-state index in [4.69, 9.17) is 9.84 Å². The van der Waals surface area contributed by atoms with Gasteiger partial charge in [-0.3, -0.25) is 4.57 Å². The van der Waals surface area contributed by atoms with Gasteiger partial charge in [0.05, 0.1) is 7.11 Å². The Labute approximate surface area is 114 Å². The monoisotopic (exact) mass is 269 g/mol. The predicted octanol–water partition coefficient (Wildman–Crippen LogP) is 2.13. The third-order valence-corrected chi connectivity index (χ3v) is 3.01. The molecule has 1 N–H and O–H groups in total. The number of benzene rings is 1. The summed E-state index contributed by atoms with van der Waals surface area (Å²) in [5, 5.41) is 10.7. The van der Waals surface area contributed by atoms with Gasteiger partial charge in [0.25, 0.3) is 0 Å². The molecular weight excluding hydrogens is 258 g/mol. The Bertz CT molecular complexity index is 795. The maximum atomic E-state index is 10.9. The van der Waals surface area contributed by atoms with E-state index in [2.05, 4.69) is 9.97 Å².